The van der Waals surface area contributed by atoms with Gasteiger partial charge in [-0.1, -0.05) is 67.6 Å². The molecule has 0 bridgehead atoms. The molecule has 2 aromatic carbocycles. The molecule has 0 saturated heterocycles. The highest BCUT2D eigenvalue weighted by Crippen LogP contribution is 2.15. The summed E-state index contributed by atoms with van der Waals surface area (Å²) in [4.78, 5) is 15.0. The van der Waals surface area contributed by atoms with Gasteiger partial charge in [0.25, 0.3) is 0 Å². The van der Waals surface area contributed by atoms with Gasteiger partial charge in [-0.2, -0.15) is 4.31 Å². The lowest BCUT2D eigenvalue weighted by Crippen LogP contribution is -2.44. The molecule has 3 rings (SSSR count). The molecule has 0 fully saturated rings. The molecular weight excluding hydrogens is 436 g/mol. The molecule has 0 atom stereocenters. The first-order valence-electron chi connectivity index (χ1n) is 11.3. The third-order valence-electron chi connectivity index (χ3n) is 5.38. The number of hydrogen-bond acceptors (Lipinski definition) is 4. The first kappa shape index (κ1) is 24.7. The Morgan fingerprint density at radius 1 is 0.879 bits per heavy atom. The van der Waals surface area contributed by atoms with E-state index >= 15 is 0 Å². The fraction of sp³-hybridized carbons (Fsp3) is 0.346. The number of nitrogens with zero attached hydrogens (tertiary/aromatic N) is 2. The maximum absolute atomic E-state index is 13.3. The number of amides is 1. The molecule has 0 aliphatic rings. The topological polar surface area (TPSA) is 70.8 Å². The van der Waals surface area contributed by atoms with Crippen molar-refractivity contribution in [3.63, 3.8) is 0 Å². The lowest BCUT2D eigenvalue weighted by atomic mass is 10.1. The first-order chi connectivity index (χ1) is 15.9. The van der Waals surface area contributed by atoms with Gasteiger partial charge >= 0.3 is 0 Å². The highest BCUT2D eigenvalue weighted by Gasteiger charge is 2.27. The molecule has 3 aromatic rings. The zero-order chi connectivity index (χ0) is 23.7. The Morgan fingerprint density at radius 3 is 2.09 bits per heavy atom. The molecule has 1 amide bonds. The summed E-state index contributed by atoms with van der Waals surface area (Å²) in [7, 11) is -3.64. The summed E-state index contributed by atoms with van der Waals surface area (Å²) >= 11 is 0. The number of furan rings is 1. The minimum atomic E-state index is -3.64. The Bertz CT molecular complexity index is 1110. The average molecular weight is 469 g/mol. The number of hydrogen-bond donors (Lipinski definition) is 0. The Labute approximate surface area is 196 Å². The lowest BCUT2D eigenvalue weighted by molar-refractivity contribution is -0.132. The molecule has 7 heteroatoms. The lowest BCUT2D eigenvalue weighted by Gasteiger charge is -2.27. The summed E-state index contributed by atoms with van der Waals surface area (Å²) in [6.45, 7) is 4.66. The van der Waals surface area contributed by atoms with Crippen molar-refractivity contribution in [2.24, 2.45) is 0 Å². The van der Waals surface area contributed by atoms with Gasteiger partial charge in [-0.25, -0.2) is 8.42 Å². The number of sulfonamides is 1. The SMILES string of the molecule is CCCN(CC(=O)N(CCc1ccccc1)Cc1ccc(C)o1)S(=O)(=O)Cc1ccccc1. The molecule has 1 heterocycles. The molecule has 176 valence electrons. The monoisotopic (exact) mass is 468 g/mol. The second-order valence-electron chi connectivity index (χ2n) is 8.14. The fourth-order valence-electron chi connectivity index (χ4n) is 3.65. The van der Waals surface area contributed by atoms with Crippen LogP contribution in [0.5, 0.6) is 0 Å². The highest BCUT2D eigenvalue weighted by atomic mass is 32.2. The van der Waals surface area contributed by atoms with Crippen LogP contribution in [-0.4, -0.2) is 43.2 Å². The van der Waals surface area contributed by atoms with E-state index in [1.807, 2.05) is 74.5 Å². The van der Waals surface area contributed by atoms with E-state index in [2.05, 4.69) is 0 Å². The average Bonchev–Trinajstić information content (AvgIpc) is 3.22. The van der Waals surface area contributed by atoms with Crippen LogP contribution in [0.1, 0.15) is 36.0 Å². The van der Waals surface area contributed by atoms with E-state index in [-0.39, 0.29) is 18.2 Å². The van der Waals surface area contributed by atoms with Crippen molar-refractivity contribution in [1.82, 2.24) is 9.21 Å². The molecule has 0 saturated carbocycles. The predicted molar refractivity (Wildman–Crippen MR) is 130 cm³/mol. The molecule has 0 aliphatic carbocycles. The van der Waals surface area contributed by atoms with Gasteiger partial charge in [-0.05, 0) is 43.0 Å². The van der Waals surface area contributed by atoms with Crippen LogP contribution in [0.2, 0.25) is 0 Å². The molecule has 0 unspecified atom stereocenters. The van der Waals surface area contributed by atoms with Crippen LogP contribution >= 0.6 is 0 Å². The van der Waals surface area contributed by atoms with Crippen molar-refractivity contribution in [2.45, 2.75) is 39.0 Å². The summed E-state index contributed by atoms with van der Waals surface area (Å²) in [6, 6.07) is 22.7. The largest absolute Gasteiger partial charge is 0.464 e. The van der Waals surface area contributed by atoms with Crippen molar-refractivity contribution < 1.29 is 17.6 Å². The van der Waals surface area contributed by atoms with Crippen LogP contribution in [0.3, 0.4) is 0 Å². The molecule has 0 N–H and O–H groups in total. The van der Waals surface area contributed by atoms with Crippen LogP contribution in [0.25, 0.3) is 0 Å². The predicted octanol–water partition coefficient (Wildman–Crippen LogP) is 4.40. The fourth-order valence-corrected chi connectivity index (χ4v) is 5.22. The quantitative estimate of drug-likeness (QED) is 0.395. The Kier molecular flexibility index (Phi) is 8.86. The van der Waals surface area contributed by atoms with Crippen LogP contribution in [0.15, 0.2) is 77.2 Å². The van der Waals surface area contributed by atoms with E-state index < -0.39 is 10.0 Å². The first-order valence-corrected chi connectivity index (χ1v) is 12.9. The maximum Gasteiger partial charge on any atom is 0.238 e. The second kappa shape index (κ2) is 11.8. The van der Waals surface area contributed by atoms with Gasteiger partial charge in [0, 0.05) is 13.1 Å². The maximum atomic E-state index is 13.3. The summed E-state index contributed by atoms with van der Waals surface area (Å²) in [5.41, 5.74) is 1.83. The molecule has 0 spiro atoms. The van der Waals surface area contributed by atoms with E-state index in [9.17, 15) is 13.2 Å². The third kappa shape index (κ3) is 7.58. The standard InChI is InChI=1S/C26H32N2O4S/c1-3-17-28(33(30,31)21-24-12-8-5-9-13-24)20-26(29)27(19-25-15-14-22(2)32-25)18-16-23-10-6-4-7-11-23/h4-15H,3,16-21H2,1-2H3. The Morgan fingerprint density at radius 2 is 1.52 bits per heavy atom. The molecule has 0 aliphatic heterocycles. The van der Waals surface area contributed by atoms with Crippen molar-refractivity contribution >= 4 is 15.9 Å². The van der Waals surface area contributed by atoms with Crippen LogP contribution in [0, 0.1) is 6.92 Å². The molecule has 0 radical (unpaired) electrons. The van der Waals surface area contributed by atoms with Gasteiger partial charge in [0.15, 0.2) is 0 Å². The summed E-state index contributed by atoms with van der Waals surface area (Å²) in [5, 5.41) is 0. The molecular formula is C26H32N2O4S. The second-order valence-corrected chi connectivity index (χ2v) is 10.1. The number of carbonyl (C=O) groups is 1. The van der Waals surface area contributed by atoms with Crippen LogP contribution < -0.4 is 0 Å². The van der Waals surface area contributed by atoms with E-state index in [0.717, 1.165) is 11.3 Å². The van der Waals surface area contributed by atoms with Crippen molar-refractivity contribution in [3.8, 4) is 0 Å². The van der Waals surface area contributed by atoms with E-state index in [4.69, 9.17) is 4.42 Å². The van der Waals surface area contributed by atoms with Crippen molar-refractivity contribution in [1.29, 1.82) is 0 Å². The van der Waals surface area contributed by atoms with Gasteiger partial charge in [0.05, 0.1) is 18.8 Å². The van der Waals surface area contributed by atoms with Crippen LogP contribution in [0.4, 0.5) is 0 Å². The number of benzene rings is 2. The minimum Gasteiger partial charge on any atom is -0.464 e. The highest BCUT2D eigenvalue weighted by molar-refractivity contribution is 7.88. The Balaban J connectivity index is 1.75. The van der Waals surface area contributed by atoms with Crippen molar-refractivity contribution in [3.05, 3.63) is 95.4 Å². The van der Waals surface area contributed by atoms with E-state index in [1.165, 1.54) is 4.31 Å². The van der Waals surface area contributed by atoms with E-state index in [1.54, 1.807) is 17.0 Å². The number of aryl methyl sites for hydroxylation is 1. The number of rotatable bonds is 12. The minimum absolute atomic E-state index is 0.123. The zero-order valence-electron chi connectivity index (χ0n) is 19.3. The third-order valence-corrected chi connectivity index (χ3v) is 7.18. The van der Waals surface area contributed by atoms with E-state index in [0.29, 0.717) is 43.8 Å². The van der Waals surface area contributed by atoms with Crippen LogP contribution in [-0.2, 0) is 33.5 Å². The van der Waals surface area contributed by atoms with Gasteiger partial charge in [-0.15, -0.1) is 0 Å². The van der Waals surface area contributed by atoms with Gasteiger partial charge in [0.1, 0.15) is 11.5 Å². The van der Waals surface area contributed by atoms with Gasteiger partial charge in [0.2, 0.25) is 15.9 Å². The smallest absolute Gasteiger partial charge is 0.238 e. The molecule has 1 aromatic heterocycles. The zero-order valence-corrected chi connectivity index (χ0v) is 20.1. The summed E-state index contributed by atoms with van der Waals surface area (Å²) in [5.74, 6) is 1.11. The number of carbonyl (C=O) groups excluding carboxylic acids is 1. The Hall–Kier alpha value is -2.90. The summed E-state index contributed by atoms with van der Waals surface area (Å²) < 4.78 is 33.3. The summed E-state index contributed by atoms with van der Waals surface area (Å²) in [6.07, 6.45) is 1.31. The van der Waals surface area contributed by atoms with Gasteiger partial charge < -0.3 is 9.32 Å². The van der Waals surface area contributed by atoms with Gasteiger partial charge in [-0.3, -0.25) is 4.79 Å². The molecule has 33 heavy (non-hydrogen) atoms. The normalized spacial score (nSPS) is 11.6. The van der Waals surface area contributed by atoms with Crippen molar-refractivity contribution in [2.75, 3.05) is 19.6 Å². The molecule has 6 nitrogen and oxygen atoms in total.